The number of likely N-dealkylation sites (tertiary alicyclic amines) is 2. The Labute approximate surface area is 154 Å². The van der Waals surface area contributed by atoms with Crippen LogP contribution in [0.15, 0.2) is 23.0 Å². The van der Waals surface area contributed by atoms with Gasteiger partial charge in [0, 0.05) is 56.8 Å². The number of carbonyl (C=O) groups is 2. The molecule has 6 heteroatoms. The number of hydrogen-bond donors (Lipinski definition) is 0. The Bertz CT molecular complexity index is 712. The number of aromatic nitrogens is 1. The maximum Gasteiger partial charge on any atom is 0.250 e. The topological polar surface area (TPSA) is 62.6 Å². The van der Waals surface area contributed by atoms with Crippen LogP contribution in [0.5, 0.6) is 0 Å². The second-order valence-electron chi connectivity index (χ2n) is 7.42. The molecular weight excluding hydrogens is 330 g/mol. The normalized spacial score (nSPS) is 20.7. The van der Waals surface area contributed by atoms with Crippen LogP contribution in [-0.4, -0.2) is 51.9 Å². The van der Waals surface area contributed by atoms with Gasteiger partial charge in [-0.2, -0.15) is 0 Å². The molecule has 0 N–H and O–H groups in total. The molecule has 26 heavy (non-hydrogen) atoms. The first-order valence-electron chi connectivity index (χ1n) is 9.80. The van der Waals surface area contributed by atoms with Crippen molar-refractivity contribution in [2.45, 2.75) is 64.5 Å². The lowest BCUT2D eigenvalue weighted by Crippen LogP contribution is -2.45. The van der Waals surface area contributed by atoms with Crippen LogP contribution in [0.2, 0.25) is 0 Å². The molecule has 1 atom stereocenters. The minimum atomic E-state index is -0.0551. The fourth-order valence-electron chi connectivity index (χ4n) is 4.14. The van der Waals surface area contributed by atoms with Crippen molar-refractivity contribution >= 4 is 11.8 Å². The van der Waals surface area contributed by atoms with Gasteiger partial charge in [0.25, 0.3) is 5.56 Å². The van der Waals surface area contributed by atoms with E-state index in [0.717, 1.165) is 57.4 Å². The lowest BCUT2D eigenvalue weighted by Gasteiger charge is -2.37. The van der Waals surface area contributed by atoms with Gasteiger partial charge in [0.1, 0.15) is 0 Å². The lowest BCUT2D eigenvalue weighted by atomic mass is 9.98. The Kier molecular flexibility index (Phi) is 6.12. The molecule has 3 rings (SSSR count). The highest BCUT2D eigenvalue weighted by molar-refractivity contribution is 5.78. The van der Waals surface area contributed by atoms with Gasteiger partial charge in [0.2, 0.25) is 11.8 Å². The van der Waals surface area contributed by atoms with Crippen molar-refractivity contribution < 1.29 is 9.59 Å². The summed E-state index contributed by atoms with van der Waals surface area (Å²) in [4.78, 5) is 40.5. The minimum Gasteiger partial charge on any atom is -0.343 e. The van der Waals surface area contributed by atoms with Gasteiger partial charge < -0.3 is 14.4 Å². The monoisotopic (exact) mass is 359 g/mol. The molecule has 0 unspecified atom stereocenters. The number of carbonyl (C=O) groups excluding carboxylic acids is 2. The molecule has 0 saturated carbocycles. The van der Waals surface area contributed by atoms with Crippen molar-refractivity contribution in [2.24, 2.45) is 0 Å². The zero-order valence-corrected chi connectivity index (χ0v) is 15.7. The van der Waals surface area contributed by atoms with Gasteiger partial charge in [0.15, 0.2) is 0 Å². The van der Waals surface area contributed by atoms with Crippen molar-refractivity contribution in [3.8, 4) is 0 Å². The van der Waals surface area contributed by atoms with Crippen molar-refractivity contribution in [1.29, 1.82) is 0 Å². The van der Waals surface area contributed by atoms with Gasteiger partial charge in [-0.05, 0) is 45.1 Å². The molecule has 0 spiro atoms. The van der Waals surface area contributed by atoms with Gasteiger partial charge in [-0.3, -0.25) is 14.4 Å². The van der Waals surface area contributed by atoms with Gasteiger partial charge >= 0.3 is 0 Å². The van der Waals surface area contributed by atoms with Crippen LogP contribution in [0.3, 0.4) is 0 Å². The number of pyridine rings is 1. The molecule has 0 aliphatic carbocycles. The number of amides is 2. The molecular formula is C20H29N3O3. The highest BCUT2D eigenvalue weighted by atomic mass is 16.2. The van der Waals surface area contributed by atoms with E-state index in [1.165, 1.54) is 6.07 Å². The Hall–Kier alpha value is -2.11. The van der Waals surface area contributed by atoms with Crippen LogP contribution < -0.4 is 5.56 Å². The molecule has 2 fully saturated rings. The van der Waals surface area contributed by atoms with Crippen LogP contribution in [0.1, 0.15) is 50.6 Å². The standard InChI is InChI=1S/C20H29N3O3/c1-16-6-4-8-19(25)22(16)15-11-20(26)23-13-3-2-7-17(23)10-14-21-12-5-9-18(21)24/h4,6,8,17H,2-3,5,7,9-15H2,1H3/t17-/m1/s1. The fourth-order valence-corrected chi connectivity index (χ4v) is 4.14. The summed E-state index contributed by atoms with van der Waals surface area (Å²) in [5.74, 6) is 0.371. The van der Waals surface area contributed by atoms with Crippen molar-refractivity contribution in [3.63, 3.8) is 0 Å². The van der Waals surface area contributed by atoms with Gasteiger partial charge in [-0.25, -0.2) is 0 Å². The molecule has 2 aliphatic heterocycles. The summed E-state index contributed by atoms with van der Waals surface area (Å²) in [5.41, 5.74) is 0.827. The van der Waals surface area contributed by atoms with Gasteiger partial charge in [-0.1, -0.05) is 6.07 Å². The summed E-state index contributed by atoms with van der Waals surface area (Å²) < 4.78 is 1.67. The largest absolute Gasteiger partial charge is 0.343 e. The maximum atomic E-state index is 12.8. The summed E-state index contributed by atoms with van der Waals surface area (Å²) in [6.45, 7) is 4.72. The van der Waals surface area contributed by atoms with E-state index in [1.54, 1.807) is 10.6 Å². The molecule has 142 valence electrons. The smallest absolute Gasteiger partial charge is 0.250 e. The van der Waals surface area contributed by atoms with E-state index in [4.69, 9.17) is 0 Å². The van der Waals surface area contributed by atoms with Crippen molar-refractivity contribution in [2.75, 3.05) is 19.6 Å². The fraction of sp³-hybridized carbons (Fsp3) is 0.650. The quantitative estimate of drug-likeness (QED) is 0.780. The number of hydrogen-bond acceptors (Lipinski definition) is 3. The summed E-state index contributed by atoms with van der Waals surface area (Å²) in [6.07, 6.45) is 6.02. The average molecular weight is 359 g/mol. The third-order valence-electron chi connectivity index (χ3n) is 5.67. The van der Waals surface area contributed by atoms with Gasteiger partial charge in [0.05, 0.1) is 0 Å². The first-order chi connectivity index (χ1) is 12.6. The summed E-state index contributed by atoms with van der Waals surface area (Å²) in [6, 6.07) is 5.39. The molecule has 6 nitrogen and oxygen atoms in total. The number of nitrogens with zero attached hydrogens (tertiary/aromatic N) is 3. The highest BCUT2D eigenvalue weighted by Crippen LogP contribution is 2.22. The van der Waals surface area contributed by atoms with E-state index in [0.29, 0.717) is 19.4 Å². The third kappa shape index (κ3) is 4.34. The molecule has 0 aromatic carbocycles. The lowest BCUT2D eigenvalue weighted by molar-refractivity contribution is -0.135. The van der Waals surface area contributed by atoms with E-state index in [2.05, 4.69) is 0 Å². The van der Waals surface area contributed by atoms with Crippen molar-refractivity contribution in [3.05, 3.63) is 34.2 Å². The summed E-state index contributed by atoms with van der Waals surface area (Å²) in [5, 5.41) is 0. The summed E-state index contributed by atoms with van der Waals surface area (Å²) >= 11 is 0. The second-order valence-corrected chi connectivity index (χ2v) is 7.42. The first-order valence-corrected chi connectivity index (χ1v) is 9.80. The van der Waals surface area contributed by atoms with Crippen LogP contribution >= 0.6 is 0 Å². The van der Waals surface area contributed by atoms with E-state index in [-0.39, 0.29) is 23.4 Å². The van der Waals surface area contributed by atoms with Crippen LogP contribution in [0, 0.1) is 6.92 Å². The van der Waals surface area contributed by atoms with Crippen LogP contribution in [0.4, 0.5) is 0 Å². The Morgan fingerprint density at radius 1 is 1.12 bits per heavy atom. The Balaban J connectivity index is 1.57. The Morgan fingerprint density at radius 3 is 2.69 bits per heavy atom. The zero-order valence-electron chi connectivity index (χ0n) is 15.7. The second kappa shape index (κ2) is 8.52. The number of piperidine rings is 1. The average Bonchev–Trinajstić information content (AvgIpc) is 3.04. The predicted molar refractivity (Wildman–Crippen MR) is 99.8 cm³/mol. The maximum absolute atomic E-state index is 12.8. The number of aryl methyl sites for hydroxylation is 1. The van der Waals surface area contributed by atoms with Gasteiger partial charge in [-0.15, -0.1) is 0 Å². The van der Waals surface area contributed by atoms with Crippen molar-refractivity contribution in [1.82, 2.24) is 14.4 Å². The van der Waals surface area contributed by atoms with E-state index < -0.39 is 0 Å². The molecule has 2 amide bonds. The molecule has 1 aromatic rings. The Morgan fingerprint density at radius 2 is 1.96 bits per heavy atom. The van der Waals surface area contributed by atoms with Crippen LogP contribution in [0.25, 0.3) is 0 Å². The molecule has 0 bridgehead atoms. The predicted octanol–water partition coefficient (Wildman–Crippen LogP) is 1.94. The summed E-state index contributed by atoms with van der Waals surface area (Å²) in [7, 11) is 0. The van der Waals surface area contributed by atoms with E-state index >= 15 is 0 Å². The molecule has 3 heterocycles. The molecule has 2 saturated heterocycles. The zero-order chi connectivity index (χ0) is 18.5. The third-order valence-corrected chi connectivity index (χ3v) is 5.67. The molecule has 1 aromatic heterocycles. The van der Waals surface area contributed by atoms with E-state index in [9.17, 15) is 14.4 Å². The first kappa shape index (κ1) is 18.7. The van der Waals surface area contributed by atoms with E-state index in [1.807, 2.05) is 22.8 Å². The minimum absolute atomic E-state index is 0.0551. The highest BCUT2D eigenvalue weighted by Gasteiger charge is 2.28. The molecule has 2 aliphatic rings. The number of rotatable bonds is 6. The molecule has 0 radical (unpaired) electrons. The SMILES string of the molecule is Cc1cccc(=O)n1CCC(=O)N1CCCC[C@@H]1CCN1CCCC1=O. The van der Waals surface area contributed by atoms with Crippen LogP contribution in [-0.2, 0) is 16.1 Å².